The number of aromatic nitrogens is 2. The lowest BCUT2D eigenvalue weighted by molar-refractivity contribution is 0.328. The van der Waals surface area contributed by atoms with E-state index in [9.17, 15) is 8.42 Å². The van der Waals surface area contributed by atoms with Gasteiger partial charge in [-0.3, -0.25) is 0 Å². The second kappa shape index (κ2) is 6.92. The third kappa shape index (κ3) is 3.45. The van der Waals surface area contributed by atoms with Gasteiger partial charge in [-0.25, -0.2) is 17.8 Å². The Morgan fingerprint density at radius 3 is 2.92 bits per heavy atom. The summed E-state index contributed by atoms with van der Waals surface area (Å²) in [4.78, 5) is 0.152. The maximum atomic E-state index is 12.6. The molecule has 130 valence electrons. The molecule has 2 aromatic rings. The lowest BCUT2D eigenvalue weighted by Crippen LogP contribution is -2.48. The molecule has 1 aliphatic rings. The van der Waals surface area contributed by atoms with Gasteiger partial charge in [-0.2, -0.15) is 5.10 Å². The number of rotatable bonds is 5. The van der Waals surface area contributed by atoms with Crippen molar-refractivity contribution in [2.24, 2.45) is 5.92 Å². The van der Waals surface area contributed by atoms with Crippen LogP contribution in [-0.4, -0.2) is 44.4 Å². The first-order valence-electron chi connectivity index (χ1n) is 7.92. The maximum Gasteiger partial charge on any atom is 0.243 e. The standard InChI is InChI=1S/C16H22N4O3S/c1-12-9-17-8-7-14(12)19-24(21,22)13-10-18-20(11-13)15-5-3-4-6-16(15)23-2/h3-6,10-12,14,17,19H,7-9H2,1-2H3. The lowest BCUT2D eigenvalue weighted by Gasteiger charge is -2.29. The molecule has 1 saturated heterocycles. The van der Waals surface area contributed by atoms with Gasteiger partial charge in [-0.05, 0) is 37.6 Å². The Morgan fingerprint density at radius 2 is 2.17 bits per heavy atom. The van der Waals surface area contributed by atoms with E-state index in [2.05, 4.69) is 15.1 Å². The summed E-state index contributed by atoms with van der Waals surface area (Å²) >= 11 is 0. The summed E-state index contributed by atoms with van der Waals surface area (Å²) in [7, 11) is -2.03. The number of piperidine rings is 1. The van der Waals surface area contributed by atoms with E-state index in [0.717, 1.165) is 19.5 Å². The number of ether oxygens (including phenoxy) is 1. The molecule has 0 saturated carbocycles. The minimum atomic E-state index is -3.60. The molecule has 2 N–H and O–H groups in total. The van der Waals surface area contributed by atoms with Crippen LogP contribution in [0.15, 0.2) is 41.6 Å². The highest BCUT2D eigenvalue weighted by Crippen LogP contribution is 2.23. The van der Waals surface area contributed by atoms with Crippen molar-refractivity contribution < 1.29 is 13.2 Å². The number of hydrogen-bond donors (Lipinski definition) is 2. The van der Waals surface area contributed by atoms with Crippen LogP contribution in [0.1, 0.15) is 13.3 Å². The fraction of sp³-hybridized carbons (Fsp3) is 0.438. The van der Waals surface area contributed by atoms with Crippen LogP contribution in [0.5, 0.6) is 5.75 Å². The Labute approximate surface area is 142 Å². The van der Waals surface area contributed by atoms with E-state index < -0.39 is 10.0 Å². The summed E-state index contributed by atoms with van der Waals surface area (Å²) in [6, 6.07) is 7.27. The summed E-state index contributed by atoms with van der Waals surface area (Å²) in [5, 5.41) is 7.44. The first-order chi connectivity index (χ1) is 11.5. The van der Waals surface area contributed by atoms with Crippen molar-refractivity contribution in [3.05, 3.63) is 36.7 Å². The summed E-state index contributed by atoms with van der Waals surface area (Å²) in [5.41, 5.74) is 0.691. The highest BCUT2D eigenvalue weighted by atomic mass is 32.2. The van der Waals surface area contributed by atoms with Crippen LogP contribution >= 0.6 is 0 Å². The number of benzene rings is 1. The van der Waals surface area contributed by atoms with E-state index >= 15 is 0 Å². The number of nitrogens with one attached hydrogen (secondary N) is 2. The summed E-state index contributed by atoms with van der Waals surface area (Å²) < 4.78 is 34.9. The van der Waals surface area contributed by atoms with E-state index in [1.807, 2.05) is 25.1 Å². The van der Waals surface area contributed by atoms with Crippen molar-refractivity contribution in [1.29, 1.82) is 0 Å². The minimum absolute atomic E-state index is 0.0640. The zero-order valence-corrected chi connectivity index (χ0v) is 14.6. The number of hydrogen-bond acceptors (Lipinski definition) is 5. The number of nitrogens with zero attached hydrogens (tertiary/aromatic N) is 2. The van der Waals surface area contributed by atoms with E-state index in [1.54, 1.807) is 13.2 Å². The first kappa shape index (κ1) is 16.9. The SMILES string of the molecule is COc1ccccc1-n1cc(S(=O)(=O)NC2CCNCC2C)cn1. The molecule has 1 aromatic carbocycles. The fourth-order valence-corrected chi connectivity index (χ4v) is 4.16. The second-order valence-electron chi connectivity index (χ2n) is 5.99. The molecule has 7 nitrogen and oxygen atoms in total. The molecule has 3 rings (SSSR count). The maximum absolute atomic E-state index is 12.6. The van der Waals surface area contributed by atoms with Crippen LogP contribution in [0.4, 0.5) is 0 Å². The smallest absolute Gasteiger partial charge is 0.243 e. The Balaban J connectivity index is 1.84. The first-order valence-corrected chi connectivity index (χ1v) is 9.40. The van der Waals surface area contributed by atoms with Crippen molar-refractivity contribution in [2.45, 2.75) is 24.3 Å². The summed E-state index contributed by atoms with van der Waals surface area (Å²) in [6.45, 7) is 3.67. The van der Waals surface area contributed by atoms with Gasteiger partial charge >= 0.3 is 0 Å². The molecule has 0 radical (unpaired) electrons. The van der Waals surface area contributed by atoms with E-state index in [1.165, 1.54) is 17.1 Å². The average Bonchev–Trinajstić information content (AvgIpc) is 3.07. The van der Waals surface area contributed by atoms with Gasteiger partial charge in [0.05, 0.1) is 19.5 Å². The second-order valence-corrected chi connectivity index (χ2v) is 7.70. The number of sulfonamides is 1. The van der Waals surface area contributed by atoms with Gasteiger partial charge in [-0.15, -0.1) is 0 Å². The molecule has 1 fully saturated rings. The largest absolute Gasteiger partial charge is 0.494 e. The van der Waals surface area contributed by atoms with Crippen LogP contribution in [0.3, 0.4) is 0 Å². The summed E-state index contributed by atoms with van der Waals surface area (Å²) in [6.07, 6.45) is 3.65. The van der Waals surface area contributed by atoms with E-state index in [4.69, 9.17) is 4.74 Å². The molecular formula is C16H22N4O3S. The molecule has 24 heavy (non-hydrogen) atoms. The Kier molecular flexibility index (Phi) is 4.88. The minimum Gasteiger partial charge on any atom is -0.494 e. The molecule has 0 aliphatic carbocycles. The lowest BCUT2D eigenvalue weighted by atomic mass is 9.97. The predicted octanol–water partition coefficient (Wildman–Crippen LogP) is 1.16. The zero-order chi connectivity index (χ0) is 17.2. The molecule has 0 amide bonds. The topological polar surface area (TPSA) is 85.2 Å². The highest BCUT2D eigenvalue weighted by molar-refractivity contribution is 7.89. The Bertz CT molecular complexity index is 803. The van der Waals surface area contributed by atoms with Crippen LogP contribution in [0.2, 0.25) is 0 Å². The Morgan fingerprint density at radius 1 is 1.38 bits per heavy atom. The Hall–Kier alpha value is -1.90. The van der Waals surface area contributed by atoms with Crippen molar-refractivity contribution in [3.63, 3.8) is 0 Å². The molecular weight excluding hydrogens is 328 g/mol. The highest BCUT2D eigenvalue weighted by Gasteiger charge is 2.27. The van der Waals surface area contributed by atoms with E-state index in [-0.39, 0.29) is 16.9 Å². The predicted molar refractivity (Wildman–Crippen MR) is 90.9 cm³/mol. The third-order valence-corrected chi connectivity index (χ3v) is 5.74. The van der Waals surface area contributed by atoms with Crippen LogP contribution in [0, 0.1) is 5.92 Å². The molecule has 1 aliphatic heterocycles. The molecule has 1 aromatic heterocycles. The van der Waals surface area contributed by atoms with E-state index in [0.29, 0.717) is 11.4 Å². The molecule has 2 atom stereocenters. The van der Waals surface area contributed by atoms with Crippen molar-refractivity contribution in [1.82, 2.24) is 19.8 Å². The number of para-hydroxylation sites is 2. The normalized spacial score (nSPS) is 21.6. The molecule has 0 spiro atoms. The number of methoxy groups -OCH3 is 1. The van der Waals surface area contributed by atoms with Crippen molar-refractivity contribution in [3.8, 4) is 11.4 Å². The van der Waals surface area contributed by atoms with Gasteiger partial charge in [0.2, 0.25) is 10.0 Å². The van der Waals surface area contributed by atoms with Gasteiger partial charge in [0.1, 0.15) is 16.3 Å². The average molecular weight is 350 g/mol. The molecule has 8 heteroatoms. The van der Waals surface area contributed by atoms with Crippen LogP contribution in [0.25, 0.3) is 5.69 Å². The zero-order valence-electron chi connectivity index (χ0n) is 13.8. The van der Waals surface area contributed by atoms with Gasteiger partial charge in [0.15, 0.2) is 0 Å². The van der Waals surface area contributed by atoms with Crippen LogP contribution in [-0.2, 0) is 10.0 Å². The van der Waals surface area contributed by atoms with Gasteiger partial charge in [0, 0.05) is 6.04 Å². The van der Waals surface area contributed by atoms with Crippen LogP contribution < -0.4 is 14.8 Å². The quantitative estimate of drug-likeness (QED) is 0.845. The monoisotopic (exact) mass is 350 g/mol. The molecule has 2 heterocycles. The van der Waals surface area contributed by atoms with Crippen molar-refractivity contribution in [2.75, 3.05) is 20.2 Å². The van der Waals surface area contributed by atoms with Crippen molar-refractivity contribution >= 4 is 10.0 Å². The third-order valence-electron chi connectivity index (χ3n) is 4.29. The fourth-order valence-electron chi connectivity index (χ4n) is 2.85. The van der Waals surface area contributed by atoms with Gasteiger partial charge < -0.3 is 10.1 Å². The summed E-state index contributed by atoms with van der Waals surface area (Å²) in [5.74, 6) is 0.877. The molecule has 0 bridgehead atoms. The molecule has 2 unspecified atom stereocenters. The van der Waals surface area contributed by atoms with Gasteiger partial charge in [-0.1, -0.05) is 19.1 Å². The van der Waals surface area contributed by atoms with Gasteiger partial charge in [0.25, 0.3) is 0 Å².